The molecule has 0 fully saturated rings. The SMILES string of the molecule is CCCCc1nc(Cl)c(C(=O)O)n1C1CCc2cc(-c3ccccc3-c3nn[nH]n3)ccc21. The van der Waals surface area contributed by atoms with Crippen LogP contribution >= 0.6 is 11.6 Å². The van der Waals surface area contributed by atoms with E-state index in [0.29, 0.717) is 12.2 Å². The number of nitrogens with zero attached hydrogens (tertiary/aromatic N) is 5. The molecule has 1 aliphatic rings. The van der Waals surface area contributed by atoms with Gasteiger partial charge in [-0.05, 0) is 46.7 Å². The van der Waals surface area contributed by atoms with Gasteiger partial charge in [0.25, 0.3) is 0 Å². The number of aromatic nitrogens is 6. The van der Waals surface area contributed by atoms with E-state index in [-0.39, 0.29) is 16.9 Å². The third-order valence-corrected chi connectivity index (χ3v) is 6.49. The van der Waals surface area contributed by atoms with Crippen molar-refractivity contribution in [1.82, 2.24) is 30.2 Å². The Kier molecular flexibility index (Phi) is 5.68. The van der Waals surface area contributed by atoms with Gasteiger partial charge in [0.15, 0.2) is 10.8 Å². The van der Waals surface area contributed by atoms with Crippen LogP contribution in [0.2, 0.25) is 5.15 Å². The molecular weight excluding hydrogens is 440 g/mol. The van der Waals surface area contributed by atoms with E-state index >= 15 is 0 Å². The van der Waals surface area contributed by atoms with Gasteiger partial charge < -0.3 is 9.67 Å². The maximum atomic E-state index is 12.0. The minimum atomic E-state index is -1.05. The molecule has 9 heteroatoms. The molecule has 0 spiro atoms. The van der Waals surface area contributed by atoms with Crippen molar-refractivity contribution >= 4 is 17.6 Å². The van der Waals surface area contributed by atoms with Gasteiger partial charge in [-0.15, -0.1) is 10.2 Å². The number of hydrogen-bond acceptors (Lipinski definition) is 5. The molecule has 1 aliphatic carbocycles. The largest absolute Gasteiger partial charge is 0.476 e. The molecule has 0 saturated heterocycles. The van der Waals surface area contributed by atoms with Gasteiger partial charge in [0, 0.05) is 12.0 Å². The fourth-order valence-corrected chi connectivity index (χ4v) is 4.99. The van der Waals surface area contributed by atoms with E-state index < -0.39 is 5.97 Å². The van der Waals surface area contributed by atoms with E-state index in [0.717, 1.165) is 53.8 Å². The van der Waals surface area contributed by atoms with Crippen molar-refractivity contribution in [2.24, 2.45) is 0 Å². The number of unbranched alkanes of at least 4 members (excludes halogenated alkanes) is 1. The second kappa shape index (κ2) is 8.78. The third kappa shape index (κ3) is 3.80. The number of halogens is 1. The number of rotatable bonds is 7. The number of carboxylic acids is 1. The molecule has 168 valence electrons. The highest BCUT2D eigenvalue weighted by molar-refractivity contribution is 6.32. The van der Waals surface area contributed by atoms with Gasteiger partial charge in [-0.25, -0.2) is 9.78 Å². The summed E-state index contributed by atoms with van der Waals surface area (Å²) in [6.45, 7) is 2.10. The smallest absolute Gasteiger partial charge is 0.355 e. The van der Waals surface area contributed by atoms with Crippen LogP contribution < -0.4 is 0 Å². The average molecular weight is 463 g/mol. The summed E-state index contributed by atoms with van der Waals surface area (Å²) < 4.78 is 1.85. The van der Waals surface area contributed by atoms with E-state index in [1.165, 1.54) is 5.56 Å². The maximum absolute atomic E-state index is 12.0. The first-order valence-electron chi connectivity index (χ1n) is 11.0. The summed E-state index contributed by atoms with van der Waals surface area (Å²) in [7, 11) is 0. The molecule has 0 radical (unpaired) electrons. The van der Waals surface area contributed by atoms with Gasteiger partial charge in [-0.3, -0.25) is 0 Å². The molecular formula is C24H23ClN6O2. The fraction of sp³-hybridized carbons (Fsp3) is 0.292. The second-order valence-corrected chi connectivity index (χ2v) is 8.55. The van der Waals surface area contributed by atoms with Crippen molar-refractivity contribution in [2.75, 3.05) is 0 Å². The first-order chi connectivity index (χ1) is 16.1. The second-order valence-electron chi connectivity index (χ2n) is 8.20. The number of carboxylic acid groups (broad SMARTS) is 1. The fourth-order valence-electron chi connectivity index (χ4n) is 4.72. The summed E-state index contributed by atoms with van der Waals surface area (Å²) in [5, 5.41) is 24.4. The summed E-state index contributed by atoms with van der Waals surface area (Å²) in [5.41, 5.74) is 5.37. The van der Waals surface area contributed by atoms with Gasteiger partial charge in [0.2, 0.25) is 5.82 Å². The van der Waals surface area contributed by atoms with Crippen LogP contribution in [0.4, 0.5) is 0 Å². The number of imidazole rings is 1. The lowest BCUT2D eigenvalue weighted by atomic mass is 9.95. The number of nitrogens with one attached hydrogen (secondary N) is 1. The Balaban J connectivity index is 1.56. The number of aromatic carboxylic acids is 1. The number of tetrazole rings is 1. The highest BCUT2D eigenvalue weighted by atomic mass is 35.5. The van der Waals surface area contributed by atoms with Crippen LogP contribution in [-0.2, 0) is 12.8 Å². The Morgan fingerprint density at radius 3 is 2.79 bits per heavy atom. The first kappa shape index (κ1) is 21.3. The van der Waals surface area contributed by atoms with E-state index in [1.807, 2.05) is 28.8 Å². The zero-order valence-electron chi connectivity index (χ0n) is 18.1. The van der Waals surface area contributed by atoms with Crippen molar-refractivity contribution in [3.63, 3.8) is 0 Å². The van der Waals surface area contributed by atoms with Crippen LogP contribution in [0.25, 0.3) is 22.5 Å². The predicted molar refractivity (Wildman–Crippen MR) is 124 cm³/mol. The normalized spacial score (nSPS) is 15.0. The molecule has 1 atom stereocenters. The summed E-state index contributed by atoms with van der Waals surface area (Å²) in [6.07, 6.45) is 4.28. The van der Waals surface area contributed by atoms with Crippen LogP contribution in [0.5, 0.6) is 0 Å². The van der Waals surface area contributed by atoms with E-state index in [4.69, 9.17) is 11.6 Å². The summed E-state index contributed by atoms with van der Waals surface area (Å²) in [6, 6.07) is 14.2. The molecule has 2 aromatic heterocycles. The number of hydrogen-bond donors (Lipinski definition) is 2. The number of H-pyrrole nitrogens is 1. The lowest BCUT2D eigenvalue weighted by molar-refractivity contribution is 0.0683. The van der Waals surface area contributed by atoms with Crippen molar-refractivity contribution in [3.05, 3.63) is 70.3 Å². The van der Waals surface area contributed by atoms with Crippen LogP contribution in [0.3, 0.4) is 0 Å². The molecule has 0 saturated carbocycles. The maximum Gasteiger partial charge on any atom is 0.355 e. The van der Waals surface area contributed by atoms with Gasteiger partial charge >= 0.3 is 5.97 Å². The van der Waals surface area contributed by atoms with Gasteiger partial charge in [-0.2, -0.15) is 5.21 Å². The molecule has 2 heterocycles. The number of aryl methyl sites for hydroxylation is 2. The molecule has 0 amide bonds. The van der Waals surface area contributed by atoms with Gasteiger partial charge in [-0.1, -0.05) is 67.4 Å². The number of benzene rings is 2. The van der Waals surface area contributed by atoms with E-state index in [9.17, 15) is 9.90 Å². The molecule has 2 aromatic carbocycles. The zero-order chi connectivity index (χ0) is 22.9. The first-order valence-corrected chi connectivity index (χ1v) is 11.4. The van der Waals surface area contributed by atoms with Gasteiger partial charge in [0.05, 0.1) is 6.04 Å². The Labute approximate surface area is 195 Å². The summed E-state index contributed by atoms with van der Waals surface area (Å²) >= 11 is 6.27. The lowest BCUT2D eigenvalue weighted by Gasteiger charge is -2.19. The highest BCUT2D eigenvalue weighted by Gasteiger charge is 2.32. The number of carbonyl (C=O) groups is 1. The van der Waals surface area contributed by atoms with Crippen LogP contribution in [0.15, 0.2) is 42.5 Å². The molecule has 33 heavy (non-hydrogen) atoms. The standard InChI is InChI=1S/C24H23ClN6O2/c1-2-3-8-20-26-22(25)21(24(32)33)31(20)19-12-10-15-13-14(9-11-17(15)19)16-6-4-5-7-18(16)23-27-29-30-28-23/h4-7,9,11,13,19H,2-3,8,10,12H2,1H3,(H,32,33)(H,27,28,29,30). The summed E-state index contributed by atoms with van der Waals surface area (Å²) in [4.78, 5) is 16.4. The average Bonchev–Trinajstić information content (AvgIpc) is 3.55. The van der Waals surface area contributed by atoms with Gasteiger partial charge in [0.1, 0.15) is 5.82 Å². The van der Waals surface area contributed by atoms with E-state index in [2.05, 4.69) is 50.7 Å². The van der Waals surface area contributed by atoms with Crippen LogP contribution in [0.1, 0.15) is 59.7 Å². The minimum Gasteiger partial charge on any atom is -0.476 e. The van der Waals surface area contributed by atoms with Crippen LogP contribution in [-0.4, -0.2) is 41.3 Å². The molecule has 0 bridgehead atoms. The van der Waals surface area contributed by atoms with E-state index in [1.54, 1.807) is 0 Å². The Morgan fingerprint density at radius 1 is 1.24 bits per heavy atom. The van der Waals surface area contributed by atoms with Crippen molar-refractivity contribution in [2.45, 2.75) is 45.1 Å². The summed E-state index contributed by atoms with van der Waals surface area (Å²) in [5.74, 6) is 0.238. The number of fused-ring (bicyclic) bond motifs is 1. The molecule has 2 N–H and O–H groups in total. The number of aromatic amines is 1. The zero-order valence-corrected chi connectivity index (χ0v) is 18.9. The highest BCUT2D eigenvalue weighted by Crippen LogP contribution is 2.40. The molecule has 4 aromatic rings. The molecule has 5 rings (SSSR count). The molecule has 8 nitrogen and oxygen atoms in total. The Hall–Kier alpha value is -3.52. The molecule has 1 unspecified atom stereocenters. The monoisotopic (exact) mass is 462 g/mol. The topological polar surface area (TPSA) is 110 Å². The third-order valence-electron chi connectivity index (χ3n) is 6.22. The Morgan fingerprint density at radius 2 is 2.06 bits per heavy atom. The quantitative estimate of drug-likeness (QED) is 0.401. The predicted octanol–water partition coefficient (Wildman–Crippen LogP) is 4.96. The van der Waals surface area contributed by atoms with Crippen molar-refractivity contribution < 1.29 is 9.90 Å². The van der Waals surface area contributed by atoms with Crippen molar-refractivity contribution in [1.29, 1.82) is 0 Å². The van der Waals surface area contributed by atoms with Crippen molar-refractivity contribution in [3.8, 4) is 22.5 Å². The minimum absolute atomic E-state index is 0.0627. The Bertz CT molecular complexity index is 1310. The van der Waals surface area contributed by atoms with Crippen LogP contribution in [0, 0.1) is 0 Å². The molecule has 0 aliphatic heterocycles. The lowest BCUT2D eigenvalue weighted by Crippen LogP contribution is -2.17.